The van der Waals surface area contributed by atoms with Crippen LogP contribution in [-0.4, -0.2) is 5.97 Å². The SMILES string of the molecule is CC1CC(OC(=O)Cc2ccccc2)=Cc2ccccc21. The Morgan fingerprint density at radius 2 is 1.81 bits per heavy atom. The van der Waals surface area contributed by atoms with Crippen LogP contribution in [-0.2, 0) is 16.0 Å². The summed E-state index contributed by atoms with van der Waals surface area (Å²) in [5.74, 6) is 0.951. The molecule has 0 saturated carbocycles. The van der Waals surface area contributed by atoms with Gasteiger partial charge in [0, 0.05) is 6.42 Å². The first-order valence-electron chi connectivity index (χ1n) is 7.26. The van der Waals surface area contributed by atoms with Crippen LogP contribution in [0.15, 0.2) is 60.4 Å². The molecule has 0 aliphatic heterocycles. The van der Waals surface area contributed by atoms with Crippen LogP contribution in [0.2, 0.25) is 0 Å². The Balaban J connectivity index is 1.71. The van der Waals surface area contributed by atoms with E-state index in [-0.39, 0.29) is 5.97 Å². The number of carbonyl (C=O) groups is 1. The lowest BCUT2D eigenvalue weighted by Gasteiger charge is -2.22. The Morgan fingerprint density at radius 3 is 2.62 bits per heavy atom. The molecule has 0 bridgehead atoms. The molecule has 2 heteroatoms. The zero-order valence-corrected chi connectivity index (χ0v) is 12.1. The third-order valence-corrected chi connectivity index (χ3v) is 3.79. The predicted octanol–water partition coefficient (Wildman–Crippen LogP) is 4.32. The summed E-state index contributed by atoms with van der Waals surface area (Å²) >= 11 is 0. The van der Waals surface area contributed by atoms with E-state index in [0.29, 0.717) is 12.3 Å². The number of esters is 1. The molecule has 0 fully saturated rings. The summed E-state index contributed by atoms with van der Waals surface area (Å²) in [6.07, 6.45) is 3.07. The molecule has 0 amide bonds. The van der Waals surface area contributed by atoms with Gasteiger partial charge in [-0.25, -0.2) is 0 Å². The van der Waals surface area contributed by atoms with Crippen molar-refractivity contribution in [3.05, 3.63) is 77.0 Å². The van der Waals surface area contributed by atoms with Crippen molar-refractivity contribution in [2.45, 2.75) is 25.7 Å². The number of carbonyl (C=O) groups excluding carboxylic acids is 1. The molecule has 106 valence electrons. The first-order chi connectivity index (χ1) is 10.2. The van der Waals surface area contributed by atoms with Crippen LogP contribution >= 0.6 is 0 Å². The predicted molar refractivity (Wildman–Crippen MR) is 83.7 cm³/mol. The number of hydrogen-bond acceptors (Lipinski definition) is 2. The molecule has 0 spiro atoms. The van der Waals surface area contributed by atoms with Gasteiger partial charge in [-0.3, -0.25) is 4.79 Å². The lowest BCUT2D eigenvalue weighted by molar-refractivity contribution is -0.138. The molecule has 2 nitrogen and oxygen atoms in total. The third kappa shape index (κ3) is 3.22. The molecule has 0 aromatic heterocycles. The van der Waals surface area contributed by atoms with E-state index in [0.717, 1.165) is 23.3 Å². The highest BCUT2D eigenvalue weighted by Gasteiger charge is 2.19. The summed E-state index contributed by atoms with van der Waals surface area (Å²) in [6.45, 7) is 2.16. The van der Waals surface area contributed by atoms with Crippen LogP contribution in [0.1, 0.15) is 36.0 Å². The smallest absolute Gasteiger partial charge is 0.315 e. The molecule has 0 saturated heterocycles. The topological polar surface area (TPSA) is 26.3 Å². The molecular formula is C19H18O2. The Bertz CT molecular complexity index is 671. The highest BCUT2D eigenvalue weighted by Crippen LogP contribution is 2.33. The molecule has 0 heterocycles. The van der Waals surface area contributed by atoms with Gasteiger partial charge in [-0.15, -0.1) is 0 Å². The van der Waals surface area contributed by atoms with Crippen LogP contribution in [0.3, 0.4) is 0 Å². The van der Waals surface area contributed by atoms with E-state index in [9.17, 15) is 4.79 Å². The second-order valence-electron chi connectivity index (χ2n) is 5.48. The van der Waals surface area contributed by atoms with Gasteiger partial charge in [-0.2, -0.15) is 0 Å². The minimum Gasteiger partial charge on any atom is -0.431 e. The standard InChI is InChI=1S/C19H18O2/c1-14-11-17(13-16-9-5-6-10-18(14)16)21-19(20)12-15-7-3-2-4-8-15/h2-10,13-14H,11-12H2,1H3. The van der Waals surface area contributed by atoms with Crippen molar-refractivity contribution in [1.29, 1.82) is 0 Å². The van der Waals surface area contributed by atoms with Crippen molar-refractivity contribution >= 4 is 12.0 Å². The van der Waals surface area contributed by atoms with Crippen LogP contribution in [0.25, 0.3) is 6.08 Å². The maximum atomic E-state index is 12.0. The van der Waals surface area contributed by atoms with Crippen LogP contribution in [0.5, 0.6) is 0 Å². The molecule has 3 rings (SSSR count). The summed E-state index contributed by atoms with van der Waals surface area (Å²) in [7, 11) is 0. The quantitative estimate of drug-likeness (QED) is 0.781. The Labute approximate surface area is 125 Å². The average Bonchev–Trinajstić information content (AvgIpc) is 2.48. The number of fused-ring (bicyclic) bond motifs is 1. The third-order valence-electron chi connectivity index (χ3n) is 3.79. The maximum Gasteiger partial charge on any atom is 0.315 e. The highest BCUT2D eigenvalue weighted by molar-refractivity contribution is 5.75. The van der Waals surface area contributed by atoms with Gasteiger partial charge in [0.25, 0.3) is 0 Å². The monoisotopic (exact) mass is 278 g/mol. The molecule has 1 unspecified atom stereocenters. The first kappa shape index (κ1) is 13.6. The van der Waals surface area contributed by atoms with E-state index in [4.69, 9.17) is 4.74 Å². The number of hydrogen-bond donors (Lipinski definition) is 0. The van der Waals surface area contributed by atoms with E-state index in [1.165, 1.54) is 5.56 Å². The largest absolute Gasteiger partial charge is 0.431 e. The molecular weight excluding hydrogens is 260 g/mol. The van der Waals surface area contributed by atoms with Gasteiger partial charge in [0.2, 0.25) is 0 Å². The van der Waals surface area contributed by atoms with E-state index >= 15 is 0 Å². The zero-order chi connectivity index (χ0) is 14.7. The minimum absolute atomic E-state index is 0.195. The van der Waals surface area contributed by atoms with Gasteiger partial charge in [-0.1, -0.05) is 61.5 Å². The van der Waals surface area contributed by atoms with E-state index in [2.05, 4.69) is 25.1 Å². The fraction of sp³-hybridized carbons (Fsp3) is 0.211. The van der Waals surface area contributed by atoms with Gasteiger partial charge in [0.15, 0.2) is 0 Å². The lowest BCUT2D eigenvalue weighted by Crippen LogP contribution is -2.12. The maximum absolute atomic E-state index is 12.0. The highest BCUT2D eigenvalue weighted by atomic mass is 16.5. The van der Waals surface area contributed by atoms with Crippen molar-refractivity contribution in [2.24, 2.45) is 0 Å². The Kier molecular flexibility index (Phi) is 3.87. The van der Waals surface area contributed by atoms with Crippen LogP contribution in [0.4, 0.5) is 0 Å². The summed E-state index contributed by atoms with van der Waals surface area (Å²) in [5, 5.41) is 0. The number of ether oxygens (including phenoxy) is 1. The average molecular weight is 278 g/mol. The molecule has 1 aliphatic carbocycles. The zero-order valence-electron chi connectivity index (χ0n) is 12.1. The second kappa shape index (κ2) is 5.96. The molecule has 21 heavy (non-hydrogen) atoms. The molecule has 2 aromatic carbocycles. The molecule has 0 N–H and O–H groups in total. The van der Waals surface area contributed by atoms with Gasteiger partial charge in [0.1, 0.15) is 5.76 Å². The first-order valence-corrected chi connectivity index (χ1v) is 7.26. The number of benzene rings is 2. The van der Waals surface area contributed by atoms with Crippen molar-refractivity contribution in [3.63, 3.8) is 0 Å². The second-order valence-corrected chi connectivity index (χ2v) is 5.48. The normalized spacial score (nSPS) is 16.8. The van der Waals surface area contributed by atoms with Crippen molar-refractivity contribution in [1.82, 2.24) is 0 Å². The number of allylic oxidation sites excluding steroid dienone is 1. The molecule has 0 radical (unpaired) electrons. The molecule has 1 aliphatic rings. The summed E-state index contributed by atoms with van der Waals surface area (Å²) in [4.78, 5) is 12.0. The van der Waals surface area contributed by atoms with Crippen molar-refractivity contribution in [2.75, 3.05) is 0 Å². The van der Waals surface area contributed by atoms with E-state index in [1.54, 1.807) is 0 Å². The summed E-state index contributed by atoms with van der Waals surface area (Å²) < 4.78 is 5.54. The minimum atomic E-state index is -0.195. The van der Waals surface area contributed by atoms with Crippen LogP contribution < -0.4 is 0 Å². The van der Waals surface area contributed by atoms with Crippen molar-refractivity contribution < 1.29 is 9.53 Å². The van der Waals surface area contributed by atoms with Gasteiger partial charge in [-0.05, 0) is 28.7 Å². The van der Waals surface area contributed by atoms with Crippen molar-refractivity contribution in [3.8, 4) is 0 Å². The summed E-state index contributed by atoms with van der Waals surface area (Å²) in [6, 6.07) is 17.9. The van der Waals surface area contributed by atoms with Gasteiger partial charge < -0.3 is 4.74 Å². The number of rotatable bonds is 3. The fourth-order valence-electron chi connectivity index (χ4n) is 2.75. The van der Waals surface area contributed by atoms with Gasteiger partial charge in [0.05, 0.1) is 6.42 Å². The molecule has 2 aromatic rings. The Hall–Kier alpha value is -2.35. The van der Waals surface area contributed by atoms with Gasteiger partial charge >= 0.3 is 5.97 Å². The van der Waals surface area contributed by atoms with Crippen LogP contribution in [0, 0.1) is 0 Å². The van der Waals surface area contributed by atoms with E-state index in [1.807, 2.05) is 42.5 Å². The fourth-order valence-corrected chi connectivity index (χ4v) is 2.75. The lowest BCUT2D eigenvalue weighted by atomic mass is 9.87. The van der Waals surface area contributed by atoms with E-state index < -0.39 is 0 Å². The summed E-state index contributed by atoms with van der Waals surface area (Å²) in [5.41, 5.74) is 3.45. The Morgan fingerprint density at radius 1 is 1.10 bits per heavy atom. The molecule has 1 atom stereocenters.